The Bertz CT molecular complexity index is 1840. The van der Waals surface area contributed by atoms with Crippen LogP contribution in [0.4, 0.5) is 18.9 Å². The number of aldehydes is 1. The number of aromatic hydroxyl groups is 1. The highest BCUT2D eigenvalue weighted by atomic mass is 19.4. The molecule has 5 aliphatic rings. The maximum Gasteiger partial charge on any atom is 0.397 e. The van der Waals surface area contributed by atoms with Crippen LogP contribution in [-0.4, -0.2) is 116 Å². The van der Waals surface area contributed by atoms with Gasteiger partial charge in [-0.15, -0.1) is 5.10 Å². The molecule has 49 heavy (non-hydrogen) atoms. The molecule has 3 aromatic rings. The zero-order chi connectivity index (χ0) is 35.1. The Kier molecular flexibility index (Phi) is 9.23. The SMILES string of the molecule is CCc1c(N2CCN(C(=O)c3ncnc(C)c3O)CC2)c(=O)n2nc(C3=CCOCC3)nc2n1CC=O.CNC12CC(C(F)(F)F)(CO1)C2. The van der Waals surface area contributed by atoms with Gasteiger partial charge in [-0.1, -0.05) is 13.0 Å². The summed E-state index contributed by atoms with van der Waals surface area (Å²) in [6.45, 7) is 5.82. The van der Waals surface area contributed by atoms with Crippen LogP contribution in [0.2, 0.25) is 0 Å². The quantitative estimate of drug-likeness (QED) is 0.344. The summed E-state index contributed by atoms with van der Waals surface area (Å²) in [6, 6.07) is 0. The Hall–Kier alpha value is -4.42. The number of aryl methyl sites for hydroxylation is 1. The predicted molar refractivity (Wildman–Crippen MR) is 168 cm³/mol. The molecular weight excluding hydrogens is 651 g/mol. The number of carbonyl (C=O) groups is 2. The first-order valence-corrected chi connectivity index (χ1v) is 16.0. The van der Waals surface area contributed by atoms with Gasteiger partial charge >= 0.3 is 6.18 Å². The predicted octanol–water partition coefficient (Wildman–Crippen LogP) is 1.50. The van der Waals surface area contributed by atoms with Gasteiger partial charge in [0.25, 0.3) is 11.5 Å². The molecule has 0 aromatic carbocycles. The maximum atomic E-state index is 13.7. The number of aromatic nitrogens is 6. The normalized spacial score (nSPS) is 23.5. The molecule has 2 bridgehead atoms. The standard InChI is InChI=1S/C24H28N8O5.C7H10F3NO/c1-3-17-19(29-6-8-30(9-7-29)22(35)18-20(34)15(2)25-14-26-18)23(36)32-24(31(17)10-11-33)27-21(28-32)16-4-12-37-13-5-16;1-11-6-2-5(3-6,4-12-6)7(8,9)10/h4,11,14,34H,3,5-10,12-13H2,1-2H3;11H,2-4H2,1H3. The van der Waals surface area contributed by atoms with Crippen LogP contribution in [-0.2, 0) is 27.2 Å². The lowest BCUT2D eigenvalue weighted by molar-refractivity contribution is -0.246. The highest BCUT2D eigenvalue weighted by Gasteiger charge is 2.73. The summed E-state index contributed by atoms with van der Waals surface area (Å²) in [6.07, 6.45) is 1.11. The lowest BCUT2D eigenvalue weighted by atomic mass is 9.66. The molecule has 18 heteroatoms. The molecule has 0 radical (unpaired) electrons. The van der Waals surface area contributed by atoms with E-state index in [1.807, 2.05) is 17.9 Å². The molecule has 0 atom stereocenters. The van der Waals surface area contributed by atoms with Crippen LogP contribution in [0.25, 0.3) is 11.4 Å². The van der Waals surface area contributed by atoms with Crippen LogP contribution >= 0.6 is 0 Å². The van der Waals surface area contributed by atoms with Gasteiger partial charge in [0.15, 0.2) is 17.3 Å². The fourth-order valence-corrected chi connectivity index (χ4v) is 6.86. The topological polar surface area (TPSA) is 169 Å². The zero-order valence-electron chi connectivity index (χ0n) is 27.4. The van der Waals surface area contributed by atoms with Crippen molar-refractivity contribution in [3.05, 3.63) is 45.7 Å². The van der Waals surface area contributed by atoms with Crippen LogP contribution in [0.15, 0.2) is 17.2 Å². The van der Waals surface area contributed by atoms with E-state index in [1.54, 1.807) is 23.4 Å². The first-order valence-electron chi connectivity index (χ1n) is 16.0. The van der Waals surface area contributed by atoms with Crippen LogP contribution in [0.5, 0.6) is 5.75 Å². The smallest absolute Gasteiger partial charge is 0.397 e. The molecule has 2 N–H and O–H groups in total. The van der Waals surface area contributed by atoms with E-state index < -0.39 is 23.2 Å². The fourth-order valence-electron chi connectivity index (χ4n) is 6.86. The Labute approximate surface area is 278 Å². The first kappa shape index (κ1) is 34.4. The second kappa shape index (κ2) is 13.1. The summed E-state index contributed by atoms with van der Waals surface area (Å²) < 4.78 is 50.6. The van der Waals surface area contributed by atoms with Gasteiger partial charge in [-0.2, -0.15) is 22.7 Å². The van der Waals surface area contributed by atoms with Gasteiger partial charge in [0.1, 0.15) is 24.0 Å². The molecule has 4 fully saturated rings. The average molecular weight is 690 g/mol. The summed E-state index contributed by atoms with van der Waals surface area (Å²) >= 11 is 0. The van der Waals surface area contributed by atoms with E-state index in [-0.39, 0.29) is 43.0 Å². The molecule has 3 saturated heterocycles. The van der Waals surface area contributed by atoms with Crippen LogP contribution < -0.4 is 15.8 Å². The number of nitrogens with one attached hydrogen (secondary N) is 1. The van der Waals surface area contributed by atoms with E-state index >= 15 is 0 Å². The van der Waals surface area contributed by atoms with Gasteiger partial charge < -0.3 is 33.7 Å². The highest BCUT2D eigenvalue weighted by molar-refractivity contribution is 5.95. The van der Waals surface area contributed by atoms with Crippen LogP contribution in [0.1, 0.15) is 53.9 Å². The lowest BCUT2D eigenvalue weighted by Gasteiger charge is -2.44. The number of halogens is 3. The lowest BCUT2D eigenvalue weighted by Crippen LogP contribution is -2.58. The van der Waals surface area contributed by atoms with Gasteiger partial charge in [0.05, 0.1) is 43.2 Å². The fraction of sp³-hybridized carbons (Fsp3) is 0.581. The summed E-state index contributed by atoms with van der Waals surface area (Å²) in [5, 5.41) is 17.5. The van der Waals surface area contributed by atoms with Crippen molar-refractivity contribution in [3.8, 4) is 5.75 Å². The maximum absolute atomic E-state index is 13.7. The molecular formula is C31H38F3N9O6. The molecule has 0 spiro atoms. The molecule has 8 rings (SSSR count). The van der Waals surface area contributed by atoms with Crippen molar-refractivity contribution >= 4 is 29.2 Å². The van der Waals surface area contributed by atoms with Crippen LogP contribution in [0.3, 0.4) is 0 Å². The second-order valence-electron chi connectivity index (χ2n) is 12.5. The molecule has 0 unspecified atom stereocenters. The molecule has 4 aliphatic heterocycles. The summed E-state index contributed by atoms with van der Waals surface area (Å²) in [4.78, 5) is 54.3. The van der Waals surface area contributed by atoms with Crippen molar-refractivity contribution in [2.75, 3.05) is 57.9 Å². The van der Waals surface area contributed by atoms with E-state index in [4.69, 9.17) is 9.47 Å². The zero-order valence-corrected chi connectivity index (χ0v) is 27.4. The number of piperazine rings is 1. The minimum Gasteiger partial charge on any atom is -0.504 e. The second-order valence-corrected chi connectivity index (χ2v) is 12.5. The first-order chi connectivity index (χ1) is 23.4. The van der Waals surface area contributed by atoms with Gasteiger partial charge in [-0.25, -0.2) is 9.97 Å². The third kappa shape index (κ3) is 6.05. The number of ether oxygens (including phenoxy) is 2. The molecule has 3 aromatic heterocycles. The van der Waals surface area contributed by atoms with E-state index in [0.29, 0.717) is 80.9 Å². The summed E-state index contributed by atoms with van der Waals surface area (Å²) in [7, 11) is 1.63. The van der Waals surface area contributed by atoms with Gasteiger partial charge in [0.2, 0.25) is 5.78 Å². The van der Waals surface area contributed by atoms with Gasteiger partial charge in [-0.3, -0.25) is 14.9 Å². The minimum atomic E-state index is -4.11. The molecule has 15 nitrogen and oxygen atoms in total. The monoisotopic (exact) mass is 689 g/mol. The number of anilines is 1. The van der Waals surface area contributed by atoms with Crippen molar-refractivity contribution < 1.29 is 37.3 Å². The Balaban J connectivity index is 0.000000291. The van der Waals surface area contributed by atoms with Crippen molar-refractivity contribution in [1.29, 1.82) is 0 Å². The Morgan fingerprint density at radius 2 is 1.92 bits per heavy atom. The average Bonchev–Trinajstić information content (AvgIpc) is 3.81. The number of hydrogen-bond acceptors (Lipinski definition) is 12. The number of fused-ring (bicyclic) bond motifs is 2. The molecule has 1 aliphatic carbocycles. The molecule has 1 amide bonds. The molecule has 7 heterocycles. The van der Waals surface area contributed by atoms with Crippen molar-refractivity contribution in [2.45, 2.75) is 58.0 Å². The third-order valence-electron chi connectivity index (χ3n) is 9.69. The minimum absolute atomic E-state index is 0.0328. The van der Waals surface area contributed by atoms with Gasteiger partial charge in [-0.05, 0) is 32.4 Å². The number of carbonyl (C=O) groups excluding carboxylic acids is 2. The molecule has 264 valence electrons. The number of hydrogen-bond donors (Lipinski definition) is 2. The summed E-state index contributed by atoms with van der Waals surface area (Å²) in [5.41, 5.74) is -0.201. The Morgan fingerprint density at radius 3 is 2.49 bits per heavy atom. The largest absolute Gasteiger partial charge is 0.504 e. The van der Waals surface area contributed by atoms with E-state index in [9.17, 15) is 32.7 Å². The number of nitrogens with zero attached hydrogens (tertiary/aromatic N) is 8. The third-order valence-corrected chi connectivity index (χ3v) is 9.69. The van der Waals surface area contributed by atoms with E-state index in [1.165, 1.54) is 10.8 Å². The van der Waals surface area contributed by atoms with E-state index in [2.05, 4.69) is 25.4 Å². The number of amides is 1. The van der Waals surface area contributed by atoms with Crippen molar-refractivity contribution in [2.24, 2.45) is 5.41 Å². The van der Waals surface area contributed by atoms with Crippen molar-refractivity contribution in [1.82, 2.24) is 39.3 Å². The highest BCUT2D eigenvalue weighted by Crippen LogP contribution is 2.63. The summed E-state index contributed by atoms with van der Waals surface area (Å²) in [5.74, 6) is 0.156. The van der Waals surface area contributed by atoms with Crippen LogP contribution in [0, 0.1) is 12.3 Å². The van der Waals surface area contributed by atoms with Crippen molar-refractivity contribution in [3.63, 3.8) is 0 Å². The number of rotatable bonds is 7. The Morgan fingerprint density at radius 1 is 1.18 bits per heavy atom. The molecule has 1 saturated carbocycles. The number of alkyl halides is 3. The van der Waals surface area contributed by atoms with Gasteiger partial charge in [0, 0.05) is 39.0 Å². The van der Waals surface area contributed by atoms with E-state index in [0.717, 1.165) is 11.9 Å².